The Morgan fingerprint density at radius 1 is 1.13 bits per heavy atom. The number of aromatic nitrogens is 1. The van der Waals surface area contributed by atoms with Gasteiger partial charge in [-0.15, -0.1) is 12.4 Å². The van der Waals surface area contributed by atoms with Gasteiger partial charge < -0.3 is 4.90 Å². The molecule has 0 atom stereocenters. The van der Waals surface area contributed by atoms with Crippen molar-refractivity contribution in [3.05, 3.63) is 52.0 Å². The van der Waals surface area contributed by atoms with E-state index in [0.717, 1.165) is 6.26 Å². The smallest absolute Gasteiger partial charge is 0.261 e. The Hall–Kier alpha value is -1.42. The van der Waals surface area contributed by atoms with E-state index in [-0.39, 0.29) is 33.8 Å². The number of likely N-dealkylation sites (N-methyl/N-ethyl adjacent to an activating group) is 1. The van der Waals surface area contributed by atoms with Gasteiger partial charge in [-0.25, -0.2) is 13.4 Å². The Bertz CT molecular complexity index is 1180. The van der Waals surface area contributed by atoms with Gasteiger partial charge in [0.2, 0.25) is 0 Å². The molecule has 0 aliphatic rings. The Kier molecular flexibility index (Phi) is 8.12. The number of para-hydroxylation sites is 1. The molecular weight excluding hydrogens is 489 g/mol. The highest BCUT2D eigenvalue weighted by Crippen LogP contribution is 2.34. The molecule has 1 aromatic heterocycles. The Balaban J connectivity index is 0.00000320. The van der Waals surface area contributed by atoms with E-state index in [1.54, 1.807) is 24.3 Å². The van der Waals surface area contributed by atoms with E-state index in [1.165, 1.54) is 28.4 Å². The molecule has 0 saturated heterocycles. The van der Waals surface area contributed by atoms with Crippen LogP contribution in [0.2, 0.25) is 10.0 Å². The van der Waals surface area contributed by atoms with Crippen LogP contribution < -0.4 is 4.90 Å². The van der Waals surface area contributed by atoms with Gasteiger partial charge in [0.25, 0.3) is 5.91 Å². The third kappa shape index (κ3) is 5.43. The lowest BCUT2D eigenvalue weighted by Gasteiger charge is -2.22. The molecule has 2 aromatic carbocycles. The van der Waals surface area contributed by atoms with E-state index in [2.05, 4.69) is 4.98 Å². The van der Waals surface area contributed by atoms with Crippen LogP contribution in [-0.4, -0.2) is 57.6 Å². The summed E-state index contributed by atoms with van der Waals surface area (Å²) in [6, 6.07) is 9.67. The van der Waals surface area contributed by atoms with Crippen LogP contribution in [0.25, 0.3) is 10.2 Å². The van der Waals surface area contributed by atoms with Gasteiger partial charge in [0.1, 0.15) is 5.52 Å². The number of anilines is 1. The van der Waals surface area contributed by atoms with E-state index < -0.39 is 9.84 Å². The highest BCUT2D eigenvalue weighted by atomic mass is 35.5. The second kappa shape index (κ2) is 9.80. The summed E-state index contributed by atoms with van der Waals surface area (Å²) < 4.78 is 24.9. The summed E-state index contributed by atoms with van der Waals surface area (Å²) >= 11 is 13.5. The number of fused-ring (bicyclic) bond motifs is 1. The number of rotatable bonds is 6. The van der Waals surface area contributed by atoms with Crippen LogP contribution in [0.5, 0.6) is 0 Å². The largest absolute Gasteiger partial charge is 0.308 e. The molecule has 11 heteroatoms. The predicted molar refractivity (Wildman–Crippen MR) is 127 cm³/mol. The van der Waals surface area contributed by atoms with E-state index in [9.17, 15) is 13.2 Å². The minimum Gasteiger partial charge on any atom is -0.308 e. The number of benzene rings is 2. The Morgan fingerprint density at radius 3 is 2.47 bits per heavy atom. The monoisotopic (exact) mass is 507 g/mol. The third-order valence-electron chi connectivity index (χ3n) is 4.18. The fourth-order valence-corrected chi connectivity index (χ4v) is 5.00. The number of halogens is 3. The highest BCUT2D eigenvalue weighted by molar-refractivity contribution is 7.91. The van der Waals surface area contributed by atoms with Crippen LogP contribution in [0, 0.1) is 0 Å². The van der Waals surface area contributed by atoms with Gasteiger partial charge in [-0.1, -0.05) is 40.6 Å². The van der Waals surface area contributed by atoms with Crippen molar-refractivity contribution in [2.75, 3.05) is 38.3 Å². The summed E-state index contributed by atoms with van der Waals surface area (Å²) in [6.45, 7) is 0.932. The lowest BCUT2D eigenvalue weighted by atomic mass is 10.2. The highest BCUT2D eigenvalue weighted by Gasteiger charge is 2.25. The summed E-state index contributed by atoms with van der Waals surface area (Å²) in [7, 11) is 0.338. The van der Waals surface area contributed by atoms with E-state index in [1.807, 2.05) is 19.0 Å². The maximum atomic E-state index is 13.3. The van der Waals surface area contributed by atoms with Gasteiger partial charge in [-0.3, -0.25) is 9.69 Å². The first-order valence-corrected chi connectivity index (χ1v) is 12.1. The van der Waals surface area contributed by atoms with Gasteiger partial charge >= 0.3 is 0 Å². The fraction of sp³-hybridized carbons (Fsp3) is 0.263. The normalized spacial score (nSPS) is 11.5. The molecule has 0 radical (unpaired) electrons. The number of carbonyl (C=O) groups excluding carboxylic acids is 1. The molecule has 0 bridgehead atoms. The maximum absolute atomic E-state index is 13.3. The van der Waals surface area contributed by atoms with Crippen molar-refractivity contribution in [2.45, 2.75) is 4.90 Å². The van der Waals surface area contributed by atoms with Crippen molar-refractivity contribution >= 4 is 78.0 Å². The molecule has 0 unspecified atom stereocenters. The topological polar surface area (TPSA) is 70.6 Å². The zero-order valence-electron chi connectivity index (χ0n) is 16.4. The van der Waals surface area contributed by atoms with Crippen LogP contribution in [0.3, 0.4) is 0 Å². The van der Waals surface area contributed by atoms with Crippen LogP contribution in [0.1, 0.15) is 10.4 Å². The predicted octanol–water partition coefficient (Wildman–Crippen LogP) is 4.64. The van der Waals surface area contributed by atoms with E-state index in [0.29, 0.717) is 33.5 Å². The second-order valence-corrected chi connectivity index (χ2v) is 10.6. The number of hydrogen-bond acceptors (Lipinski definition) is 6. The van der Waals surface area contributed by atoms with Gasteiger partial charge in [0.05, 0.1) is 20.2 Å². The molecule has 3 rings (SSSR count). The molecule has 3 aromatic rings. The quantitative estimate of drug-likeness (QED) is 0.485. The third-order valence-corrected chi connectivity index (χ3v) is 6.91. The molecule has 0 aliphatic carbocycles. The zero-order chi connectivity index (χ0) is 21.3. The second-order valence-electron chi connectivity index (χ2n) is 6.76. The van der Waals surface area contributed by atoms with Crippen LogP contribution in [0.4, 0.5) is 5.13 Å². The molecule has 0 spiro atoms. The zero-order valence-corrected chi connectivity index (χ0v) is 20.4. The lowest BCUT2D eigenvalue weighted by Crippen LogP contribution is -2.36. The number of amides is 1. The average Bonchev–Trinajstić information content (AvgIpc) is 3.06. The minimum absolute atomic E-state index is 0. The summed E-state index contributed by atoms with van der Waals surface area (Å²) in [4.78, 5) is 21.4. The van der Waals surface area contributed by atoms with E-state index in [4.69, 9.17) is 23.2 Å². The van der Waals surface area contributed by atoms with Crippen molar-refractivity contribution in [3.63, 3.8) is 0 Å². The average molecular weight is 509 g/mol. The summed E-state index contributed by atoms with van der Waals surface area (Å²) in [5.74, 6) is -0.348. The van der Waals surface area contributed by atoms with Gasteiger partial charge in [-0.05, 0) is 44.4 Å². The number of nitrogens with zero attached hydrogens (tertiary/aromatic N) is 3. The van der Waals surface area contributed by atoms with Gasteiger partial charge in [0, 0.05) is 24.4 Å². The SMILES string of the molecule is CN(C)CCN(C(=O)c1cc(Cl)ccc1Cl)c1nc2c(S(C)(=O)=O)cccc2s1.Cl. The lowest BCUT2D eigenvalue weighted by molar-refractivity contribution is 0.0985. The van der Waals surface area contributed by atoms with Crippen molar-refractivity contribution in [1.29, 1.82) is 0 Å². The number of thiazole rings is 1. The van der Waals surface area contributed by atoms with Crippen LogP contribution in [-0.2, 0) is 9.84 Å². The molecule has 0 N–H and O–H groups in total. The number of carbonyl (C=O) groups is 1. The van der Waals surface area contributed by atoms with Crippen LogP contribution in [0.15, 0.2) is 41.3 Å². The van der Waals surface area contributed by atoms with Crippen LogP contribution >= 0.6 is 46.9 Å². The fourth-order valence-electron chi connectivity index (χ4n) is 2.72. The Morgan fingerprint density at radius 2 is 1.83 bits per heavy atom. The van der Waals surface area contributed by atoms with E-state index >= 15 is 0 Å². The molecule has 0 saturated carbocycles. The molecule has 6 nitrogen and oxygen atoms in total. The van der Waals surface area contributed by atoms with Crippen molar-refractivity contribution in [2.24, 2.45) is 0 Å². The van der Waals surface area contributed by atoms with Crippen molar-refractivity contribution < 1.29 is 13.2 Å². The van der Waals surface area contributed by atoms with Gasteiger partial charge in [-0.2, -0.15) is 0 Å². The molecular formula is C19H20Cl3N3O3S2. The Labute approximate surface area is 195 Å². The first-order valence-electron chi connectivity index (χ1n) is 8.59. The molecule has 1 heterocycles. The molecule has 162 valence electrons. The molecule has 30 heavy (non-hydrogen) atoms. The van der Waals surface area contributed by atoms with Gasteiger partial charge in [0.15, 0.2) is 15.0 Å². The van der Waals surface area contributed by atoms with Crippen molar-refractivity contribution in [1.82, 2.24) is 9.88 Å². The number of sulfone groups is 1. The maximum Gasteiger partial charge on any atom is 0.261 e. The summed E-state index contributed by atoms with van der Waals surface area (Å²) in [6.07, 6.45) is 1.14. The molecule has 0 fully saturated rings. The summed E-state index contributed by atoms with van der Waals surface area (Å²) in [5.41, 5.74) is 0.621. The first kappa shape index (κ1) is 24.8. The van der Waals surface area contributed by atoms with Crippen molar-refractivity contribution in [3.8, 4) is 0 Å². The number of hydrogen-bond donors (Lipinski definition) is 0. The standard InChI is InChI=1S/C19H19Cl2N3O3S2.ClH/c1-23(2)9-10-24(18(25)13-11-12(20)7-8-14(13)21)19-22-17-15(28-19)5-4-6-16(17)29(3,26)27;/h4-8,11H,9-10H2,1-3H3;1H. The first-order chi connectivity index (χ1) is 13.6. The molecule has 0 aliphatic heterocycles. The minimum atomic E-state index is -3.46. The summed E-state index contributed by atoms with van der Waals surface area (Å²) in [5, 5.41) is 1.08. The molecule has 1 amide bonds.